The van der Waals surface area contributed by atoms with Crippen molar-refractivity contribution < 1.29 is 14.3 Å². The molecule has 2 aromatic rings. The number of nitrogens with two attached hydrogens (primary N) is 1. The molecule has 0 unspecified atom stereocenters. The maximum absolute atomic E-state index is 10.6. The number of likely N-dealkylation sites (N-methyl/N-ethyl adjacent to an activating group) is 1. The Balaban J connectivity index is 1.94. The number of hydrogen-bond donors (Lipinski definition) is 1. The van der Waals surface area contributed by atoms with E-state index in [2.05, 4.69) is 9.88 Å². The minimum Gasteiger partial charge on any atom is -0.492 e. The average Bonchev–Trinajstić information content (AvgIpc) is 2.94. The summed E-state index contributed by atoms with van der Waals surface area (Å²) in [4.78, 5) is 17.8. The average molecular weight is 321 g/mol. The molecule has 1 aromatic carbocycles. The van der Waals surface area contributed by atoms with E-state index < -0.39 is 6.09 Å². The van der Waals surface area contributed by atoms with Crippen molar-refractivity contribution >= 4 is 17.4 Å². The summed E-state index contributed by atoms with van der Waals surface area (Å²) in [5.41, 5.74) is 5.94. The Morgan fingerprint density at radius 1 is 1.32 bits per heavy atom. The van der Waals surface area contributed by atoms with Crippen LogP contribution in [0.5, 0.6) is 5.75 Å². The fourth-order valence-electron chi connectivity index (χ4n) is 1.69. The van der Waals surface area contributed by atoms with Crippen LogP contribution in [-0.4, -0.2) is 43.2 Å². The van der Waals surface area contributed by atoms with E-state index in [1.165, 1.54) is 11.3 Å². The monoisotopic (exact) mass is 321 g/mol. The second-order valence-corrected chi connectivity index (χ2v) is 6.03. The maximum atomic E-state index is 10.6. The fourth-order valence-corrected chi connectivity index (χ4v) is 2.52. The highest BCUT2D eigenvalue weighted by molar-refractivity contribution is 7.15. The highest BCUT2D eigenvalue weighted by atomic mass is 32.1. The van der Waals surface area contributed by atoms with Crippen molar-refractivity contribution in [1.82, 2.24) is 9.88 Å². The van der Waals surface area contributed by atoms with Crippen LogP contribution in [0.4, 0.5) is 4.79 Å². The maximum Gasteiger partial charge on any atom is 0.404 e. The second-order valence-electron chi connectivity index (χ2n) is 4.92. The van der Waals surface area contributed by atoms with E-state index in [1.807, 2.05) is 38.4 Å². The number of amides is 1. The minimum absolute atomic E-state index is 0.152. The van der Waals surface area contributed by atoms with E-state index in [0.29, 0.717) is 6.61 Å². The summed E-state index contributed by atoms with van der Waals surface area (Å²) in [7, 11) is 4.02. The van der Waals surface area contributed by atoms with Gasteiger partial charge in [0.15, 0.2) is 0 Å². The molecule has 0 aliphatic heterocycles. The SMILES string of the molecule is CN(C)CCOc1ccc(-c2ncc(COC(N)=O)s2)cc1. The molecule has 0 saturated heterocycles. The third kappa shape index (κ3) is 5.01. The third-order valence-corrected chi connectivity index (χ3v) is 3.84. The Morgan fingerprint density at radius 3 is 2.68 bits per heavy atom. The third-order valence-electron chi connectivity index (χ3n) is 2.82. The van der Waals surface area contributed by atoms with Gasteiger partial charge in [0, 0.05) is 18.3 Å². The molecular weight excluding hydrogens is 302 g/mol. The van der Waals surface area contributed by atoms with Gasteiger partial charge >= 0.3 is 6.09 Å². The van der Waals surface area contributed by atoms with E-state index in [-0.39, 0.29) is 6.61 Å². The van der Waals surface area contributed by atoms with E-state index >= 15 is 0 Å². The lowest BCUT2D eigenvalue weighted by Crippen LogP contribution is -2.19. The molecule has 6 nitrogen and oxygen atoms in total. The highest BCUT2D eigenvalue weighted by Gasteiger charge is 2.06. The Hall–Kier alpha value is -2.12. The molecule has 1 heterocycles. The van der Waals surface area contributed by atoms with Gasteiger partial charge in [-0.3, -0.25) is 0 Å². The van der Waals surface area contributed by atoms with Crippen LogP contribution in [0.2, 0.25) is 0 Å². The van der Waals surface area contributed by atoms with Crippen LogP contribution < -0.4 is 10.5 Å². The van der Waals surface area contributed by atoms with Crippen molar-refractivity contribution in [2.75, 3.05) is 27.2 Å². The second kappa shape index (κ2) is 7.77. The van der Waals surface area contributed by atoms with Gasteiger partial charge in [0.25, 0.3) is 0 Å². The van der Waals surface area contributed by atoms with Crippen molar-refractivity contribution in [1.29, 1.82) is 0 Å². The van der Waals surface area contributed by atoms with Crippen LogP contribution >= 0.6 is 11.3 Å². The summed E-state index contributed by atoms with van der Waals surface area (Å²) in [6.45, 7) is 1.67. The lowest BCUT2D eigenvalue weighted by Gasteiger charge is -2.11. The van der Waals surface area contributed by atoms with Crippen LogP contribution in [0.1, 0.15) is 4.88 Å². The molecule has 1 amide bonds. The number of nitrogens with zero attached hydrogens (tertiary/aromatic N) is 2. The molecule has 118 valence electrons. The van der Waals surface area contributed by atoms with Gasteiger partial charge in [-0.05, 0) is 38.4 Å². The largest absolute Gasteiger partial charge is 0.492 e. The summed E-state index contributed by atoms with van der Waals surface area (Å²) in [5.74, 6) is 0.833. The predicted molar refractivity (Wildman–Crippen MR) is 86.0 cm³/mol. The molecule has 0 spiro atoms. The Bertz CT molecular complexity index is 611. The van der Waals surface area contributed by atoms with Crippen molar-refractivity contribution in [3.8, 4) is 16.3 Å². The fraction of sp³-hybridized carbons (Fsp3) is 0.333. The molecule has 1 aromatic heterocycles. The number of aromatic nitrogens is 1. The van der Waals surface area contributed by atoms with Crippen LogP contribution in [0.15, 0.2) is 30.5 Å². The molecule has 0 bridgehead atoms. The lowest BCUT2D eigenvalue weighted by molar-refractivity contribution is 0.151. The van der Waals surface area contributed by atoms with Gasteiger partial charge in [-0.1, -0.05) is 0 Å². The van der Waals surface area contributed by atoms with Crippen LogP contribution in [-0.2, 0) is 11.3 Å². The molecule has 0 aliphatic carbocycles. The van der Waals surface area contributed by atoms with Gasteiger partial charge in [-0.25, -0.2) is 9.78 Å². The van der Waals surface area contributed by atoms with Crippen LogP contribution in [0.3, 0.4) is 0 Å². The first-order chi connectivity index (χ1) is 10.5. The summed E-state index contributed by atoms with van der Waals surface area (Å²) in [6.07, 6.45) is 0.902. The quantitative estimate of drug-likeness (QED) is 0.847. The van der Waals surface area contributed by atoms with Crippen molar-refractivity contribution in [3.63, 3.8) is 0 Å². The van der Waals surface area contributed by atoms with E-state index in [4.69, 9.17) is 15.2 Å². The Labute approximate surface area is 133 Å². The van der Waals surface area contributed by atoms with E-state index in [1.54, 1.807) is 6.20 Å². The minimum atomic E-state index is -0.783. The number of primary amides is 1. The van der Waals surface area contributed by atoms with Crippen molar-refractivity contribution in [2.45, 2.75) is 6.61 Å². The standard InChI is InChI=1S/C15H19N3O3S/c1-18(2)7-8-20-12-5-3-11(4-6-12)14-17-9-13(22-14)10-21-15(16)19/h3-6,9H,7-8,10H2,1-2H3,(H2,16,19). The van der Waals surface area contributed by atoms with Crippen LogP contribution in [0, 0.1) is 0 Å². The smallest absolute Gasteiger partial charge is 0.404 e. The molecule has 7 heteroatoms. The van der Waals surface area contributed by atoms with Crippen LogP contribution in [0.25, 0.3) is 10.6 Å². The number of carbonyl (C=O) groups is 1. The molecule has 0 fully saturated rings. The number of carbonyl (C=O) groups excluding carboxylic acids is 1. The van der Waals surface area contributed by atoms with E-state index in [9.17, 15) is 4.79 Å². The first-order valence-corrected chi connectivity index (χ1v) is 7.61. The number of rotatable bonds is 7. The highest BCUT2D eigenvalue weighted by Crippen LogP contribution is 2.27. The van der Waals surface area contributed by atoms with Crippen molar-refractivity contribution in [3.05, 3.63) is 35.3 Å². The molecule has 22 heavy (non-hydrogen) atoms. The van der Waals surface area contributed by atoms with Gasteiger partial charge in [-0.2, -0.15) is 0 Å². The number of hydrogen-bond acceptors (Lipinski definition) is 6. The summed E-state index contributed by atoms with van der Waals surface area (Å²) < 4.78 is 10.4. The van der Waals surface area contributed by atoms with Gasteiger partial charge < -0.3 is 20.1 Å². The molecule has 0 aliphatic rings. The summed E-state index contributed by atoms with van der Waals surface area (Å²) in [6, 6.07) is 7.77. The molecular formula is C15H19N3O3S. The first kappa shape index (κ1) is 16.3. The van der Waals surface area contributed by atoms with Gasteiger partial charge in [0.05, 0.1) is 4.88 Å². The zero-order chi connectivity index (χ0) is 15.9. The van der Waals surface area contributed by atoms with E-state index in [0.717, 1.165) is 27.7 Å². The molecule has 0 radical (unpaired) electrons. The molecule has 2 rings (SSSR count). The first-order valence-electron chi connectivity index (χ1n) is 6.79. The van der Waals surface area contributed by atoms with Gasteiger partial charge in [0.1, 0.15) is 24.0 Å². The zero-order valence-corrected chi connectivity index (χ0v) is 13.4. The van der Waals surface area contributed by atoms with Gasteiger partial charge in [-0.15, -0.1) is 11.3 Å². The molecule has 0 atom stereocenters. The lowest BCUT2D eigenvalue weighted by atomic mass is 10.2. The molecule has 0 saturated carbocycles. The normalized spacial score (nSPS) is 10.7. The number of benzene rings is 1. The van der Waals surface area contributed by atoms with Crippen molar-refractivity contribution in [2.24, 2.45) is 5.73 Å². The number of thiazole rings is 1. The summed E-state index contributed by atoms with van der Waals surface area (Å²) >= 11 is 1.46. The predicted octanol–water partition coefficient (Wildman–Crippen LogP) is 2.35. The topological polar surface area (TPSA) is 77.7 Å². The molecule has 2 N–H and O–H groups in total. The number of ether oxygens (including phenoxy) is 2. The zero-order valence-electron chi connectivity index (χ0n) is 12.6. The Kier molecular flexibility index (Phi) is 5.74. The Morgan fingerprint density at radius 2 is 2.05 bits per heavy atom. The summed E-state index contributed by atoms with van der Waals surface area (Å²) in [5, 5.41) is 0.864. The van der Waals surface area contributed by atoms with Gasteiger partial charge in [0.2, 0.25) is 0 Å².